The third-order valence-corrected chi connectivity index (χ3v) is 10.9. The highest BCUT2D eigenvalue weighted by atomic mass is 32.2. The molecule has 1 aliphatic rings. The number of carbonyl (C=O) groups is 2. The molecule has 0 aliphatic carbocycles. The van der Waals surface area contributed by atoms with E-state index in [1.54, 1.807) is 55.5 Å². The maximum absolute atomic E-state index is 14.1. The van der Waals surface area contributed by atoms with Crippen molar-refractivity contribution in [3.05, 3.63) is 125 Å². The molecule has 2 amide bonds. The Bertz CT molecular complexity index is 1830. The van der Waals surface area contributed by atoms with Crippen molar-refractivity contribution in [1.29, 1.82) is 0 Å². The minimum absolute atomic E-state index is 0.0869. The summed E-state index contributed by atoms with van der Waals surface area (Å²) in [4.78, 5) is 29.9. The second kappa shape index (κ2) is 17.3. The number of rotatable bonds is 16. The zero-order chi connectivity index (χ0) is 35.5. The van der Waals surface area contributed by atoms with Crippen LogP contribution >= 0.6 is 0 Å². The number of halogens is 1. The van der Waals surface area contributed by atoms with E-state index in [1.165, 1.54) is 16.4 Å². The summed E-state index contributed by atoms with van der Waals surface area (Å²) in [5.74, 6) is 0.259. The number of carbonyl (C=O) groups excluding carboxylic acids is 2. The van der Waals surface area contributed by atoms with E-state index >= 15 is 0 Å². The Morgan fingerprint density at radius 2 is 1.44 bits per heavy atom. The maximum Gasteiger partial charge on any atom is 0.243 e. The molecular formula is C39H44FN3O6S. The fraction of sp³-hybridized carbons (Fsp3) is 0.333. The number of methoxy groups -OCH3 is 2. The number of nitrogens with zero attached hydrogens (tertiary/aromatic N) is 2. The molecule has 1 saturated heterocycles. The van der Waals surface area contributed by atoms with E-state index in [-0.39, 0.29) is 36.1 Å². The first-order chi connectivity index (χ1) is 24.2. The number of benzene rings is 4. The number of hydrogen-bond donors (Lipinski definition) is 1. The van der Waals surface area contributed by atoms with Crippen LogP contribution in [0.4, 0.5) is 4.39 Å². The van der Waals surface area contributed by atoms with Gasteiger partial charge < -0.3 is 19.7 Å². The third kappa shape index (κ3) is 9.48. The molecule has 0 saturated carbocycles. The SMILES string of the molecule is COc1ccc(CCNC(=O)[C@@H](Cc2ccccc2)N(Cc2ccc(F)cc2)C(=O)CCc2ccc(S(=O)(=O)N3CCCC3)cc2)cc1OC. The summed E-state index contributed by atoms with van der Waals surface area (Å²) in [5.41, 5.74) is 3.33. The van der Waals surface area contributed by atoms with Crippen molar-refractivity contribution in [1.82, 2.24) is 14.5 Å². The van der Waals surface area contributed by atoms with Crippen molar-refractivity contribution in [3.8, 4) is 11.5 Å². The van der Waals surface area contributed by atoms with Crippen LogP contribution in [0.3, 0.4) is 0 Å². The first kappa shape index (κ1) is 36.5. The number of aryl methyl sites for hydroxylation is 1. The summed E-state index contributed by atoms with van der Waals surface area (Å²) in [6, 6.07) is 26.8. The molecule has 9 nitrogen and oxygen atoms in total. The standard InChI is InChI=1S/C39H44FN3O6S/c1-48-36-20-14-31(27-37(36)49-2)22-23-41-39(45)35(26-30-8-4-3-5-9-30)43(28-32-10-16-33(40)17-11-32)38(44)21-15-29-12-18-34(19-13-29)50(46,47)42-24-6-7-25-42/h3-5,8-14,16-20,27,35H,6-7,15,21-26,28H2,1-2H3,(H,41,45)/t35-/m1/s1. The van der Waals surface area contributed by atoms with E-state index in [0.29, 0.717) is 49.5 Å². The lowest BCUT2D eigenvalue weighted by Crippen LogP contribution is -2.50. The average Bonchev–Trinajstić information content (AvgIpc) is 3.70. The fourth-order valence-electron chi connectivity index (χ4n) is 6.12. The van der Waals surface area contributed by atoms with E-state index in [0.717, 1.165) is 29.5 Å². The smallest absolute Gasteiger partial charge is 0.243 e. The minimum Gasteiger partial charge on any atom is -0.493 e. The lowest BCUT2D eigenvalue weighted by Gasteiger charge is -2.32. The molecule has 0 bridgehead atoms. The van der Waals surface area contributed by atoms with Crippen molar-refractivity contribution < 1.29 is 31.9 Å². The van der Waals surface area contributed by atoms with Crippen LogP contribution in [0.15, 0.2) is 102 Å². The topological polar surface area (TPSA) is 105 Å². The van der Waals surface area contributed by atoms with Gasteiger partial charge in [-0.15, -0.1) is 0 Å². The second-order valence-corrected chi connectivity index (χ2v) is 14.3. The van der Waals surface area contributed by atoms with Gasteiger partial charge in [-0.2, -0.15) is 4.31 Å². The molecule has 0 unspecified atom stereocenters. The predicted octanol–water partition coefficient (Wildman–Crippen LogP) is 5.56. The van der Waals surface area contributed by atoms with E-state index in [9.17, 15) is 22.4 Å². The summed E-state index contributed by atoms with van der Waals surface area (Å²) in [6.07, 6.45) is 2.95. The van der Waals surface area contributed by atoms with Crippen LogP contribution in [-0.2, 0) is 45.4 Å². The highest BCUT2D eigenvalue weighted by Crippen LogP contribution is 2.28. The largest absolute Gasteiger partial charge is 0.493 e. The molecule has 0 radical (unpaired) electrons. The van der Waals surface area contributed by atoms with Gasteiger partial charge in [0.25, 0.3) is 0 Å². The van der Waals surface area contributed by atoms with Crippen LogP contribution in [0.2, 0.25) is 0 Å². The minimum atomic E-state index is -3.55. The number of amides is 2. The first-order valence-electron chi connectivity index (χ1n) is 16.8. The van der Waals surface area contributed by atoms with Gasteiger partial charge in [-0.1, -0.05) is 60.7 Å². The van der Waals surface area contributed by atoms with Gasteiger partial charge in [0.2, 0.25) is 21.8 Å². The number of ether oxygens (including phenoxy) is 2. The lowest BCUT2D eigenvalue weighted by atomic mass is 10.0. The fourth-order valence-corrected chi connectivity index (χ4v) is 7.64. The van der Waals surface area contributed by atoms with Gasteiger partial charge in [-0.05, 0) is 84.3 Å². The van der Waals surface area contributed by atoms with Gasteiger partial charge in [0.05, 0.1) is 19.1 Å². The Kier molecular flexibility index (Phi) is 12.6. The molecule has 1 N–H and O–H groups in total. The molecule has 4 aromatic rings. The summed E-state index contributed by atoms with van der Waals surface area (Å²) < 4.78 is 52.1. The van der Waals surface area contributed by atoms with Gasteiger partial charge in [0.1, 0.15) is 11.9 Å². The normalized spacial score (nSPS) is 13.8. The van der Waals surface area contributed by atoms with Gasteiger partial charge in [0, 0.05) is 39.0 Å². The van der Waals surface area contributed by atoms with E-state index < -0.39 is 21.9 Å². The monoisotopic (exact) mass is 701 g/mol. The zero-order valence-corrected chi connectivity index (χ0v) is 29.3. The molecule has 264 valence electrons. The van der Waals surface area contributed by atoms with E-state index in [4.69, 9.17) is 9.47 Å². The van der Waals surface area contributed by atoms with Gasteiger partial charge in [-0.25, -0.2) is 12.8 Å². The Morgan fingerprint density at radius 1 is 0.800 bits per heavy atom. The van der Waals surface area contributed by atoms with Crippen LogP contribution in [0, 0.1) is 5.82 Å². The van der Waals surface area contributed by atoms with Crippen molar-refractivity contribution in [2.24, 2.45) is 0 Å². The molecule has 1 aliphatic heterocycles. The van der Waals surface area contributed by atoms with Crippen LogP contribution in [0.5, 0.6) is 11.5 Å². The molecule has 1 atom stereocenters. The van der Waals surface area contributed by atoms with Crippen LogP contribution in [0.25, 0.3) is 0 Å². The molecule has 4 aromatic carbocycles. The van der Waals surface area contributed by atoms with Gasteiger partial charge >= 0.3 is 0 Å². The first-order valence-corrected chi connectivity index (χ1v) is 18.3. The quantitative estimate of drug-likeness (QED) is 0.164. The summed E-state index contributed by atoms with van der Waals surface area (Å²) in [6.45, 7) is 1.48. The van der Waals surface area contributed by atoms with Crippen molar-refractivity contribution >= 4 is 21.8 Å². The molecule has 0 aromatic heterocycles. The summed E-state index contributed by atoms with van der Waals surface area (Å²) in [5, 5.41) is 3.04. The molecule has 1 heterocycles. The van der Waals surface area contributed by atoms with E-state index in [2.05, 4.69) is 5.32 Å². The Labute approximate surface area is 294 Å². The van der Waals surface area contributed by atoms with Crippen molar-refractivity contribution in [2.45, 2.75) is 56.0 Å². The number of nitrogens with one attached hydrogen (secondary N) is 1. The average molecular weight is 702 g/mol. The lowest BCUT2D eigenvalue weighted by molar-refractivity contribution is -0.141. The van der Waals surface area contributed by atoms with E-state index in [1.807, 2.05) is 48.5 Å². The third-order valence-electron chi connectivity index (χ3n) is 8.95. The molecule has 0 spiro atoms. The highest BCUT2D eigenvalue weighted by Gasteiger charge is 2.31. The summed E-state index contributed by atoms with van der Waals surface area (Å²) in [7, 11) is -0.405. The van der Waals surface area contributed by atoms with Gasteiger partial charge in [0.15, 0.2) is 11.5 Å². The van der Waals surface area contributed by atoms with Crippen molar-refractivity contribution in [3.63, 3.8) is 0 Å². The number of sulfonamides is 1. The molecule has 5 rings (SSSR count). The molecule has 11 heteroatoms. The maximum atomic E-state index is 14.1. The molecular weight excluding hydrogens is 658 g/mol. The Hall–Kier alpha value is -4.74. The zero-order valence-electron chi connectivity index (χ0n) is 28.5. The Morgan fingerprint density at radius 3 is 2.10 bits per heavy atom. The van der Waals surface area contributed by atoms with Gasteiger partial charge in [-0.3, -0.25) is 9.59 Å². The van der Waals surface area contributed by atoms with Crippen LogP contribution in [-0.4, -0.2) is 69.3 Å². The Balaban J connectivity index is 1.34. The second-order valence-electron chi connectivity index (χ2n) is 12.3. The highest BCUT2D eigenvalue weighted by molar-refractivity contribution is 7.89. The number of hydrogen-bond acceptors (Lipinski definition) is 6. The van der Waals surface area contributed by atoms with Crippen LogP contribution < -0.4 is 14.8 Å². The molecule has 50 heavy (non-hydrogen) atoms. The predicted molar refractivity (Wildman–Crippen MR) is 190 cm³/mol. The molecule has 1 fully saturated rings. The van der Waals surface area contributed by atoms with Crippen molar-refractivity contribution in [2.75, 3.05) is 33.9 Å². The van der Waals surface area contributed by atoms with Crippen LogP contribution in [0.1, 0.15) is 41.5 Å². The summed E-state index contributed by atoms with van der Waals surface area (Å²) >= 11 is 0.